The van der Waals surface area contributed by atoms with E-state index in [4.69, 9.17) is 28.9 Å². The van der Waals surface area contributed by atoms with Crippen LogP contribution in [0.4, 0.5) is 14.0 Å². The molecule has 4 aliphatic heterocycles. The lowest BCUT2D eigenvalue weighted by molar-refractivity contribution is -0.136. The number of nitrogens with zero attached hydrogens (tertiary/aromatic N) is 5. The average molecular weight is 970 g/mol. The van der Waals surface area contributed by atoms with Crippen LogP contribution in [0.15, 0.2) is 67.0 Å². The molecule has 2 saturated heterocycles. The molecule has 0 aliphatic carbocycles. The van der Waals surface area contributed by atoms with Crippen molar-refractivity contribution in [2.75, 3.05) is 27.3 Å². The minimum Gasteiger partial charge on any atom is -0.490 e. The molecule has 0 spiro atoms. The van der Waals surface area contributed by atoms with Crippen molar-refractivity contribution in [3.05, 3.63) is 95.6 Å². The third-order valence-electron chi connectivity index (χ3n) is 14.4. The van der Waals surface area contributed by atoms with Crippen LogP contribution in [0.2, 0.25) is 0 Å². The van der Waals surface area contributed by atoms with Crippen molar-refractivity contribution >= 4 is 34.9 Å². The number of hydrogen-bond acceptors (Lipinski definition) is 10. The summed E-state index contributed by atoms with van der Waals surface area (Å²) in [7, 11) is 2.54. The largest absolute Gasteiger partial charge is 0.490 e. The van der Waals surface area contributed by atoms with Crippen LogP contribution >= 0.6 is 0 Å². The zero-order chi connectivity index (χ0) is 49.8. The van der Waals surface area contributed by atoms with Crippen molar-refractivity contribution in [3.8, 4) is 45.3 Å². The Balaban J connectivity index is 0.985. The summed E-state index contributed by atoms with van der Waals surface area (Å²) in [5, 5.41) is 6.26. The molecular formula is C53H60FN9O8. The fourth-order valence-corrected chi connectivity index (χ4v) is 10.7. The summed E-state index contributed by atoms with van der Waals surface area (Å²) >= 11 is 0. The van der Waals surface area contributed by atoms with Gasteiger partial charge in [-0.3, -0.25) is 9.59 Å². The number of aromatic amines is 2. The zero-order valence-electron chi connectivity index (χ0n) is 41.0. The van der Waals surface area contributed by atoms with Crippen molar-refractivity contribution in [1.29, 1.82) is 0 Å². The molecule has 6 aromatic rings. The van der Waals surface area contributed by atoms with Crippen LogP contribution in [0.3, 0.4) is 0 Å². The number of carbonyl (C=O) groups excluding carboxylic acids is 4. The van der Waals surface area contributed by atoms with E-state index in [0.29, 0.717) is 65.8 Å². The maximum absolute atomic E-state index is 17.0. The number of aromatic nitrogens is 5. The van der Waals surface area contributed by atoms with Gasteiger partial charge in [-0.25, -0.2) is 23.9 Å². The second kappa shape index (κ2) is 19.1. The van der Waals surface area contributed by atoms with E-state index in [2.05, 4.69) is 33.6 Å². The number of rotatable bonds is 11. The van der Waals surface area contributed by atoms with E-state index >= 15 is 4.39 Å². The van der Waals surface area contributed by atoms with E-state index in [1.165, 1.54) is 20.3 Å². The highest BCUT2D eigenvalue weighted by Gasteiger charge is 2.40. The van der Waals surface area contributed by atoms with Crippen molar-refractivity contribution < 1.29 is 42.5 Å². The molecule has 4 N–H and O–H groups in total. The van der Waals surface area contributed by atoms with E-state index < -0.39 is 36.3 Å². The van der Waals surface area contributed by atoms with Crippen LogP contribution in [0.1, 0.15) is 108 Å². The number of ether oxygens (including phenoxy) is 4. The van der Waals surface area contributed by atoms with Crippen molar-refractivity contribution in [2.24, 2.45) is 11.8 Å². The van der Waals surface area contributed by atoms with Gasteiger partial charge in [-0.15, -0.1) is 0 Å². The van der Waals surface area contributed by atoms with Gasteiger partial charge in [-0.2, -0.15) is 0 Å². The Morgan fingerprint density at radius 1 is 0.732 bits per heavy atom. The first-order chi connectivity index (χ1) is 34.2. The minimum atomic E-state index is -0.779. The lowest BCUT2D eigenvalue weighted by atomic mass is 9.98. The molecule has 17 nitrogen and oxygen atoms in total. The normalized spacial score (nSPS) is 20.2. The second-order valence-corrected chi connectivity index (χ2v) is 19.8. The lowest BCUT2D eigenvalue weighted by Gasteiger charge is -2.32. The molecule has 6 atom stereocenters. The summed E-state index contributed by atoms with van der Waals surface area (Å²) in [6.07, 6.45) is 6.20. The summed E-state index contributed by atoms with van der Waals surface area (Å²) in [6, 6.07) is 15.3. The highest BCUT2D eigenvalue weighted by Crippen LogP contribution is 2.48. The van der Waals surface area contributed by atoms with Crippen LogP contribution < -0.4 is 20.1 Å². The number of carbonyl (C=O) groups is 4. The molecule has 2 fully saturated rings. The van der Waals surface area contributed by atoms with Gasteiger partial charge in [-0.05, 0) is 111 Å². The standard InChI is InChI=1S/C53H60FN9O8/c1-27(2)45(59-52(66)68-6)49(64)61-18-8-10-39(61)47-55-25-36(57-47)30-14-16-38-34(20-30)23-41-44-35(54)22-33(24-43(44)71-51(63(38)41)32-15-17-42-31(21-32)13-12-29(5)70-42)37-26-56-48(58-37)40-11-9-19-62(40)50(65)46(28(3)4)60-53(67)69-7/h14-17,20-29,39-40,45-46,51H,8-13,18-19H2,1-7H3,(H,55,57)(H,56,58)(H,59,66)(H,60,67)/t29-,39+,40+,45+,46+,51?/m1/s1. The topological polar surface area (TPSA) is 198 Å². The second-order valence-electron chi connectivity index (χ2n) is 19.8. The van der Waals surface area contributed by atoms with Crippen molar-refractivity contribution in [1.82, 2.24) is 44.9 Å². The number of amides is 4. The Bertz CT molecular complexity index is 3030. The molecule has 7 heterocycles. The molecule has 4 aliphatic rings. The van der Waals surface area contributed by atoms with E-state index in [1.807, 2.05) is 74.7 Å². The van der Waals surface area contributed by atoms with Crippen LogP contribution in [-0.4, -0.2) is 104 Å². The molecule has 0 radical (unpaired) electrons. The smallest absolute Gasteiger partial charge is 0.407 e. The quantitative estimate of drug-likeness (QED) is 0.0972. The third kappa shape index (κ3) is 8.81. The summed E-state index contributed by atoms with van der Waals surface area (Å²) in [5.41, 5.74) is 6.47. The minimum absolute atomic E-state index is 0.112. The number of halogens is 1. The maximum atomic E-state index is 17.0. The van der Waals surface area contributed by atoms with Gasteiger partial charge in [0.1, 0.15) is 41.0 Å². The molecule has 1 unspecified atom stereocenters. The molecule has 3 aromatic heterocycles. The highest BCUT2D eigenvalue weighted by molar-refractivity contribution is 5.93. The van der Waals surface area contributed by atoms with Gasteiger partial charge >= 0.3 is 12.2 Å². The molecule has 3 aromatic carbocycles. The van der Waals surface area contributed by atoms with Gasteiger partial charge in [0.2, 0.25) is 18.0 Å². The number of H-pyrrole nitrogens is 2. The number of likely N-dealkylation sites (tertiary alicyclic amines) is 2. The van der Waals surface area contributed by atoms with Crippen LogP contribution in [0.25, 0.3) is 44.7 Å². The molecule has 10 rings (SSSR count). The van der Waals surface area contributed by atoms with Crippen LogP contribution in [0, 0.1) is 17.7 Å². The summed E-state index contributed by atoms with van der Waals surface area (Å²) < 4.78 is 41.8. The van der Waals surface area contributed by atoms with Crippen LogP contribution in [-0.2, 0) is 25.5 Å². The number of fused-ring (bicyclic) bond motifs is 6. The summed E-state index contributed by atoms with van der Waals surface area (Å²) in [5.74, 6) is 1.20. The van der Waals surface area contributed by atoms with Crippen molar-refractivity contribution in [2.45, 2.75) is 110 Å². The summed E-state index contributed by atoms with van der Waals surface area (Å²) in [4.78, 5) is 71.9. The Kier molecular flexibility index (Phi) is 12.7. The Labute approximate surface area is 410 Å². The highest BCUT2D eigenvalue weighted by atomic mass is 19.1. The molecule has 71 heavy (non-hydrogen) atoms. The fraction of sp³-hybridized carbons (Fsp3) is 0.434. The number of benzene rings is 3. The first-order valence-electron chi connectivity index (χ1n) is 24.6. The SMILES string of the molecule is COC(=O)N[C@H](C(=O)N1CCC[C@H]1c1ncc(-c2cc(F)c3c(c2)OC(c2ccc4c(c2)CC[C@@H](C)O4)n2c-3cc3cc(-c4cnc([C@@H]5CCCN5C(=O)[C@@H](NC(=O)OC)C(C)C)[nH]4)ccc32)[nH]1)C(C)C. The monoisotopic (exact) mass is 969 g/mol. The molecule has 18 heteroatoms. The van der Waals surface area contributed by atoms with Crippen LogP contribution in [0.5, 0.6) is 11.5 Å². The fourth-order valence-electron chi connectivity index (χ4n) is 10.7. The summed E-state index contributed by atoms with van der Waals surface area (Å²) in [6.45, 7) is 10.6. The maximum Gasteiger partial charge on any atom is 0.407 e. The molecule has 0 saturated carbocycles. The van der Waals surface area contributed by atoms with E-state index in [1.54, 1.807) is 22.2 Å². The molecule has 372 valence electrons. The number of aryl methyl sites for hydroxylation is 1. The number of alkyl carbamates (subject to hydrolysis) is 2. The Morgan fingerprint density at radius 2 is 1.34 bits per heavy atom. The average Bonchev–Trinajstić information content (AvgIpc) is 4.23. The number of hydrogen-bond donors (Lipinski definition) is 4. The lowest BCUT2D eigenvalue weighted by Crippen LogP contribution is -2.51. The predicted octanol–water partition coefficient (Wildman–Crippen LogP) is 8.97. The third-order valence-corrected chi connectivity index (χ3v) is 14.4. The van der Waals surface area contributed by atoms with E-state index in [0.717, 1.165) is 64.7 Å². The van der Waals surface area contributed by atoms with Gasteiger partial charge < -0.3 is 53.9 Å². The number of nitrogens with one attached hydrogen (secondary N) is 4. The van der Waals surface area contributed by atoms with Crippen molar-refractivity contribution in [3.63, 3.8) is 0 Å². The van der Waals surface area contributed by atoms with E-state index in [9.17, 15) is 19.2 Å². The van der Waals surface area contributed by atoms with Gasteiger partial charge in [0.05, 0.1) is 73.0 Å². The van der Waals surface area contributed by atoms with Gasteiger partial charge in [0.15, 0.2) is 0 Å². The number of imidazole rings is 2. The number of methoxy groups -OCH3 is 2. The first-order valence-corrected chi connectivity index (χ1v) is 24.6. The molecular weight excluding hydrogens is 910 g/mol. The first kappa shape index (κ1) is 47.3. The molecule has 4 amide bonds. The van der Waals surface area contributed by atoms with Gasteiger partial charge in [0, 0.05) is 35.2 Å². The van der Waals surface area contributed by atoms with E-state index in [-0.39, 0.29) is 41.8 Å². The van der Waals surface area contributed by atoms with Gasteiger partial charge in [0.25, 0.3) is 0 Å². The van der Waals surface area contributed by atoms with Gasteiger partial charge in [-0.1, -0.05) is 33.8 Å². The predicted molar refractivity (Wildman–Crippen MR) is 262 cm³/mol. The zero-order valence-corrected chi connectivity index (χ0v) is 41.0. The Hall–Kier alpha value is -7.37. The Morgan fingerprint density at radius 3 is 1.93 bits per heavy atom. The molecule has 0 bridgehead atoms.